The largest absolute Gasteiger partial charge is 0.462 e. The molecule has 154 valence electrons. The Kier molecular flexibility index (Phi) is 6.28. The molecule has 1 amide bonds. The van der Waals surface area contributed by atoms with Gasteiger partial charge in [-0.15, -0.1) is 0 Å². The fourth-order valence-corrected chi connectivity index (χ4v) is 3.76. The number of aromatic nitrogens is 2. The third-order valence-electron chi connectivity index (χ3n) is 5.39. The highest BCUT2D eigenvalue weighted by Gasteiger charge is 2.26. The smallest absolute Gasteiger partial charge is 0.257 e. The summed E-state index contributed by atoms with van der Waals surface area (Å²) in [5.74, 6) is 2.29. The lowest BCUT2D eigenvalue weighted by molar-refractivity contribution is 0.0607. The van der Waals surface area contributed by atoms with Crippen LogP contribution in [0.2, 0.25) is 0 Å². The Morgan fingerprint density at radius 1 is 1.25 bits per heavy atom. The van der Waals surface area contributed by atoms with Crippen molar-refractivity contribution in [3.63, 3.8) is 0 Å². The first-order valence-electron chi connectivity index (χ1n) is 10.4. The Morgan fingerprint density at radius 3 is 2.54 bits per heavy atom. The van der Waals surface area contributed by atoms with Crippen LogP contribution >= 0.6 is 0 Å². The summed E-state index contributed by atoms with van der Waals surface area (Å²) in [6.45, 7) is 14.5. The van der Waals surface area contributed by atoms with E-state index < -0.39 is 0 Å². The van der Waals surface area contributed by atoms with Crippen molar-refractivity contribution in [2.24, 2.45) is 5.92 Å². The maximum Gasteiger partial charge on any atom is 0.257 e. The van der Waals surface area contributed by atoms with Crippen LogP contribution in [0.3, 0.4) is 0 Å². The molecule has 6 nitrogen and oxygen atoms in total. The molecule has 0 saturated carbocycles. The normalized spacial score (nSPS) is 15.8. The minimum absolute atomic E-state index is 0.00215. The zero-order chi connectivity index (χ0) is 20.3. The number of furan rings is 1. The Bertz CT molecular complexity index is 790. The molecule has 3 heterocycles. The Morgan fingerprint density at radius 2 is 1.93 bits per heavy atom. The zero-order valence-electron chi connectivity index (χ0n) is 17.8. The number of amides is 1. The van der Waals surface area contributed by atoms with Gasteiger partial charge in [-0.3, -0.25) is 4.79 Å². The highest BCUT2D eigenvalue weighted by molar-refractivity contribution is 5.94. The van der Waals surface area contributed by atoms with Crippen LogP contribution < -0.4 is 0 Å². The molecule has 1 aliphatic rings. The second-order valence-electron chi connectivity index (χ2n) is 8.58. The highest BCUT2D eigenvalue weighted by atomic mass is 16.5. The van der Waals surface area contributed by atoms with Crippen molar-refractivity contribution in [2.75, 3.05) is 26.3 Å². The average molecular weight is 388 g/mol. The Labute approximate surface area is 167 Å². The number of rotatable bonds is 6. The summed E-state index contributed by atoms with van der Waals surface area (Å²) >= 11 is 0. The van der Waals surface area contributed by atoms with Crippen LogP contribution in [0.15, 0.2) is 22.9 Å². The van der Waals surface area contributed by atoms with E-state index in [4.69, 9.17) is 14.1 Å². The molecule has 6 heteroatoms. The van der Waals surface area contributed by atoms with Gasteiger partial charge >= 0.3 is 0 Å². The van der Waals surface area contributed by atoms with Crippen molar-refractivity contribution >= 4 is 5.91 Å². The van der Waals surface area contributed by atoms with Crippen LogP contribution in [0.25, 0.3) is 11.5 Å². The number of imidazole rings is 1. The summed E-state index contributed by atoms with van der Waals surface area (Å²) < 4.78 is 13.5. The van der Waals surface area contributed by atoms with Crippen molar-refractivity contribution in [1.29, 1.82) is 0 Å². The molecule has 0 unspecified atom stereocenters. The van der Waals surface area contributed by atoms with Gasteiger partial charge in [-0.05, 0) is 38.7 Å². The van der Waals surface area contributed by atoms with Gasteiger partial charge in [0.05, 0.1) is 5.56 Å². The maximum absolute atomic E-state index is 12.6. The van der Waals surface area contributed by atoms with E-state index in [-0.39, 0.29) is 11.3 Å². The van der Waals surface area contributed by atoms with Crippen LogP contribution in [0.4, 0.5) is 0 Å². The average Bonchev–Trinajstić information content (AvgIpc) is 3.30. The van der Waals surface area contributed by atoms with Crippen molar-refractivity contribution in [3.05, 3.63) is 29.9 Å². The molecule has 0 aromatic carbocycles. The molecule has 28 heavy (non-hydrogen) atoms. The second-order valence-corrected chi connectivity index (χ2v) is 8.58. The van der Waals surface area contributed by atoms with Crippen molar-refractivity contribution in [3.8, 4) is 11.5 Å². The summed E-state index contributed by atoms with van der Waals surface area (Å²) in [6.07, 6.45) is 5.78. The molecule has 2 aromatic rings. The molecule has 3 rings (SSSR count). The predicted molar refractivity (Wildman–Crippen MR) is 109 cm³/mol. The Balaban J connectivity index is 1.87. The lowest BCUT2D eigenvalue weighted by Gasteiger charge is -2.25. The number of hydrogen-bond donors (Lipinski definition) is 0. The third kappa shape index (κ3) is 4.49. The minimum Gasteiger partial charge on any atom is -0.462 e. The van der Waals surface area contributed by atoms with E-state index in [0.29, 0.717) is 30.3 Å². The molecule has 0 N–H and O–H groups in total. The van der Waals surface area contributed by atoms with Gasteiger partial charge in [-0.1, -0.05) is 20.8 Å². The molecule has 0 aliphatic carbocycles. The molecule has 0 atom stereocenters. The number of hydrogen-bond acceptors (Lipinski definition) is 4. The molecule has 1 aliphatic heterocycles. The van der Waals surface area contributed by atoms with E-state index in [9.17, 15) is 4.79 Å². The first kappa shape index (κ1) is 20.6. The molecule has 1 fully saturated rings. The fraction of sp³-hybridized carbons (Fsp3) is 0.636. The van der Waals surface area contributed by atoms with Crippen molar-refractivity contribution in [1.82, 2.24) is 14.5 Å². The number of carbonyl (C=O) groups is 1. The second kappa shape index (κ2) is 8.52. The quantitative estimate of drug-likeness (QED) is 0.739. The van der Waals surface area contributed by atoms with Gasteiger partial charge in [0, 0.05) is 44.5 Å². The van der Waals surface area contributed by atoms with E-state index >= 15 is 0 Å². The third-order valence-corrected chi connectivity index (χ3v) is 5.39. The molecule has 2 aromatic heterocycles. The summed E-state index contributed by atoms with van der Waals surface area (Å²) in [6, 6.07) is 1.81. The summed E-state index contributed by atoms with van der Waals surface area (Å²) in [5.41, 5.74) is 1.29. The molecule has 1 saturated heterocycles. The number of nitrogens with zero attached hydrogens (tertiary/aromatic N) is 3. The van der Waals surface area contributed by atoms with E-state index in [1.807, 2.05) is 19.9 Å². The van der Waals surface area contributed by atoms with E-state index in [1.165, 1.54) is 0 Å². The van der Waals surface area contributed by atoms with Crippen LogP contribution in [0.5, 0.6) is 0 Å². The molecular weight excluding hydrogens is 354 g/mol. The molecule has 0 bridgehead atoms. The van der Waals surface area contributed by atoms with Crippen LogP contribution in [-0.4, -0.2) is 46.7 Å². The highest BCUT2D eigenvalue weighted by Crippen LogP contribution is 2.29. The molecule has 0 spiro atoms. The van der Waals surface area contributed by atoms with Crippen molar-refractivity contribution in [2.45, 2.75) is 59.4 Å². The maximum atomic E-state index is 12.6. The van der Waals surface area contributed by atoms with Gasteiger partial charge in [-0.2, -0.15) is 0 Å². The standard InChI is InChI=1S/C22H33N3O3/c1-6-24(7-2)20(26)17-12-19(28-15-17)18-14-25(21(23-18)22(3,4)5)13-16-8-10-27-11-9-16/h12,14-16H,6-11,13H2,1-5H3. The van der Waals surface area contributed by atoms with E-state index in [2.05, 4.69) is 31.5 Å². The van der Waals surface area contributed by atoms with E-state index in [0.717, 1.165) is 44.1 Å². The number of carbonyl (C=O) groups excluding carboxylic acids is 1. The summed E-state index contributed by atoms with van der Waals surface area (Å²) in [4.78, 5) is 19.3. The number of ether oxygens (including phenoxy) is 1. The van der Waals surface area contributed by atoms with Crippen LogP contribution in [0.1, 0.15) is 63.6 Å². The topological polar surface area (TPSA) is 60.5 Å². The minimum atomic E-state index is -0.0735. The lowest BCUT2D eigenvalue weighted by atomic mass is 9.94. The first-order valence-corrected chi connectivity index (χ1v) is 10.4. The van der Waals surface area contributed by atoms with E-state index in [1.54, 1.807) is 11.2 Å². The Hall–Kier alpha value is -2.08. The SMILES string of the molecule is CCN(CC)C(=O)c1coc(-c2cn(CC3CCOCC3)c(C(C)(C)C)n2)c1. The monoisotopic (exact) mass is 387 g/mol. The molecule has 0 radical (unpaired) electrons. The summed E-state index contributed by atoms with van der Waals surface area (Å²) in [5, 5.41) is 0. The zero-order valence-corrected chi connectivity index (χ0v) is 17.8. The van der Waals surface area contributed by atoms with Gasteiger partial charge in [0.25, 0.3) is 5.91 Å². The van der Waals surface area contributed by atoms with Gasteiger partial charge in [0.1, 0.15) is 17.8 Å². The van der Waals surface area contributed by atoms with Gasteiger partial charge in [0.2, 0.25) is 0 Å². The van der Waals surface area contributed by atoms with Crippen LogP contribution in [-0.2, 0) is 16.7 Å². The first-order chi connectivity index (χ1) is 13.3. The van der Waals surface area contributed by atoms with Gasteiger partial charge < -0.3 is 18.6 Å². The van der Waals surface area contributed by atoms with Gasteiger partial charge in [-0.25, -0.2) is 4.98 Å². The lowest BCUT2D eigenvalue weighted by Crippen LogP contribution is -2.30. The van der Waals surface area contributed by atoms with Crippen LogP contribution in [0, 0.1) is 5.92 Å². The summed E-state index contributed by atoms with van der Waals surface area (Å²) in [7, 11) is 0. The molecular formula is C22H33N3O3. The van der Waals surface area contributed by atoms with Gasteiger partial charge in [0.15, 0.2) is 5.76 Å². The fourth-order valence-electron chi connectivity index (χ4n) is 3.76. The van der Waals surface area contributed by atoms with Crippen molar-refractivity contribution < 1.29 is 13.9 Å². The predicted octanol–water partition coefficient (Wildman–Crippen LogP) is 4.35.